The fourth-order valence-corrected chi connectivity index (χ4v) is 4.29. The van der Waals surface area contributed by atoms with Crippen molar-refractivity contribution in [3.63, 3.8) is 0 Å². The number of hydrogen-bond donors (Lipinski definition) is 1. The van der Waals surface area contributed by atoms with Crippen LogP contribution in [0.5, 0.6) is 0 Å². The number of ether oxygens (including phenoxy) is 1. The van der Waals surface area contributed by atoms with Gasteiger partial charge in [0.1, 0.15) is 6.04 Å². The zero-order valence-electron chi connectivity index (χ0n) is 10.1. The minimum Gasteiger partial charge on any atom is -0.468 e. The highest BCUT2D eigenvalue weighted by Gasteiger charge is 2.37. The zero-order valence-corrected chi connectivity index (χ0v) is 10.9. The highest BCUT2D eigenvalue weighted by atomic mass is 32.2. The first-order valence-corrected chi connectivity index (χ1v) is 7.25. The van der Waals surface area contributed by atoms with Crippen LogP contribution < -0.4 is 5.32 Å². The van der Waals surface area contributed by atoms with Crippen LogP contribution in [-0.4, -0.2) is 36.2 Å². The van der Waals surface area contributed by atoms with Gasteiger partial charge in [0.2, 0.25) is 0 Å². The van der Waals surface area contributed by atoms with Crippen molar-refractivity contribution in [2.24, 2.45) is 5.92 Å². The van der Waals surface area contributed by atoms with Crippen LogP contribution in [0.4, 0.5) is 0 Å². The molecule has 0 bridgehead atoms. The van der Waals surface area contributed by atoms with E-state index in [1.165, 1.54) is 32.8 Å². The molecule has 0 aromatic rings. The monoisotopic (exact) mass is 243 g/mol. The topological polar surface area (TPSA) is 38.3 Å². The lowest BCUT2D eigenvalue weighted by Crippen LogP contribution is -2.55. The van der Waals surface area contributed by atoms with E-state index in [1.807, 2.05) is 11.8 Å². The molecule has 4 heteroatoms. The van der Waals surface area contributed by atoms with Crippen LogP contribution in [0.1, 0.15) is 32.6 Å². The summed E-state index contributed by atoms with van der Waals surface area (Å²) in [5, 5.41) is 4.16. The minimum atomic E-state index is -0.108. The minimum absolute atomic E-state index is 0.0885. The first kappa shape index (κ1) is 12.2. The number of rotatable bonds is 2. The molecule has 92 valence electrons. The van der Waals surface area contributed by atoms with Gasteiger partial charge in [-0.25, -0.2) is 0 Å². The Morgan fingerprint density at radius 1 is 1.50 bits per heavy atom. The zero-order chi connectivity index (χ0) is 11.5. The predicted octanol–water partition coefficient (Wildman–Crippen LogP) is 1.81. The van der Waals surface area contributed by atoms with Gasteiger partial charge in [0, 0.05) is 17.0 Å². The van der Waals surface area contributed by atoms with Gasteiger partial charge in [-0.05, 0) is 25.2 Å². The molecular formula is C12H21NO2S. The molecule has 1 N–H and O–H groups in total. The van der Waals surface area contributed by atoms with Crippen LogP contribution in [0, 0.1) is 5.92 Å². The molecule has 0 amide bonds. The van der Waals surface area contributed by atoms with Gasteiger partial charge >= 0.3 is 5.97 Å². The molecule has 0 aromatic heterocycles. The summed E-state index contributed by atoms with van der Waals surface area (Å²) in [5.74, 6) is 1.65. The number of fused-ring (bicyclic) bond motifs is 1. The van der Waals surface area contributed by atoms with Crippen molar-refractivity contribution < 1.29 is 9.53 Å². The summed E-state index contributed by atoms with van der Waals surface area (Å²) in [6, 6.07) is 0.431. The highest BCUT2D eigenvalue weighted by molar-refractivity contribution is 8.00. The van der Waals surface area contributed by atoms with E-state index in [-0.39, 0.29) is 12.0 Å². The third-order valence-corrected chi connectivity index (χ3v) is 5.33. The summed E-state index contributed by atoms with van der Waals surface area (Å²) in [6.07, 6.45) is 5.12. The molecule has 1 aliphatic carbocycles. The van der Waals surface area contributed by atoms with Crippen LogP contribution in [0.25, 0.3) is 0 Å². The van der Waals surface area contributed by atoms with Gasteiger partial charge in [-0.1, -0.05) is 13.3 Å². The third-order valence-electron chi connectivity index (χ3n) is 3.86. The van der Waals surface area contributed by atoms with E-state index >= 15 is 0 Å². The van der Waals surface area contributed by atoms with Gasteiger partial charge in [-0.15, -0.1) is 0 Å². The van der Waals surface area contributed by atoms with Crippen molar-refractivity contribution in [1.29, 1.82) is 0 Å². The summed E-state index contributed by atoms with van der Waals surface area (Å²) in [7, 11) is 1.47. The molecule has 0 radical (unpaired) electrons. The molecule has 4 atom stereocenters. The maximum absolute atomic E-state index is 11.5. The maximum atomic E-state index is 11.5. The number of thioether (sulfide) groups is 1. The Kier molecular flexibility index (Phi) is 4.14. The van der Waals surface area contributed by atoms with Crippen molar-refractivity contribution in [1.82, 2.24) is 5.32 Å². The maximum Gasteiger partial charge on any atom is 0.323 e. The Balaban J connectivity index is 1.90. The molecular weight excluding hydrogens is 222 g/mol. The van der Waals surface area contributed by atoms with Gasteiger partial charge in [0.15, 0.2) is 0 Å². The molecule has 16 heavy (non-hydrogen) atoms. The largest absolute Gasteiger partial charge is 0.468 e. The number of carbonyl (C=O) groups excluding carboxylic acids is 1. The number of nitrogens with one attached hydrogen (secondary N) is 1. The molecule has 3 nitrogen and oxygen atoms in total. The Morgan fingerprint density at radius 2 is 2.31 bits per heavy atom. The third kappa shape index (κ3) is 2.54. The van der Waals surface area contributed by atoms with E-state index in [9.17, 15) is 4.79 Å². The first-order valence-electron chi connectivity index (χ1n) is 6.20. The fraction of sp³-hybridized carbons (Fsp3) is 0.917. The van der Waals surface area contributed by atoms with E-state index in [1.54, 1.807) is 0 Å². The van der Waals surface area contributed by atoms with Crippen molar-refractivity contribution >= 4 is 17.7 Å². The van der Waals surface area contributed by atoms with Crippen LogP contribution in [0.3, 0.4) is 0 Å². The molecule has 1 saturated carbocycles. The van der Waals surface area contributed by atoms with Crippen molar-refractivity contribution in [2.45, 2.75) is 49.9 Å². The fourth-order valence-electron chi connectivity index (χ4n) is 2.76. The highest BCUT2D eigenvalue weighted by Crippen LogP contribution is 2.37. The van der Waals surface area contributed by atoms with E-state index in [0.717, 1.165) is 11.7 Å². The normalized spacial score (nSPS) is 38.9. The van der Waals surface area contributed by atoms with Gasteiger partial charge in [-0.3, -0.25) is 10.1 Å². The Hall–Kier alpha value is -0.220. The molecule has 2 aliphatic rings. The lowest BCUT2D eigenvalue weighted by molar-refractivity contribution is -0.142. The summed E-state index contributed by atoms with van der Waals surface area (Å²) < 4.78 is 4.80. The van der Waals surface area contributed by atoms with Crippen molar-refractivity contribution in [3.05, 3.63) is 0 Å². The lowest BCUT2D eigenvalue weighted by Gasteiger charge is -2.41. The lowest BCUT2D eigenvalue weighted by atomic mass is 9.83. The van der Waals surface area contributed by atoms with Crippen LogP contribution in [0.15, 0.2) is 0 Å². The van der Waals surface area contributed by atoms with Crippen LogP contribution in [0.2, 0.25) is 0 Å². The number of hydrogen-bond acceptors (Lipinski definition) is 4. The Bertz CT molecular complexity index is 259. The molecule has 2 rings (SSSR count). The molecule has 0 spiro atoms. The average molecular weight is 243 g/mol. The summed E-state index contributed by atoms with van der Waals surface area (Å²) >= 11 is 1.95. The first-order chi connectivity index (χ1) is 7.74. The van der Waals surface area contributed by atoms with Gasteiger partial charge < -0.3 is 4.74 Å². The average Bonchev–Trinajstić information content (AvgIpc) is 2.36. The van der Waals surface area contributed by atoms with E-state index in [0.29, 0.717) is 11.3 Å². The number of esters is 1. The second-order valence-electron chi connectivity index (χ2n) is 4.81. The van der Waals surface area contributed by atoms with Gasteiger partial charge in [0.05, 0.1) is 7.11 Å². The Morgan fingerprint density at radius 3 is 3.00 bits per heavy atom. The summed E-state index contributed by atoms with van der Waals surface area (Å²) in [5.41, 5.74) is 0. The molecule has 1 heterocycles. The second-order valence-corrected chi connectivity index (χ2v) is 6.08. The smallest absolute Gasteiger partial charge is 0.323 e. The summed E-state index contributed by atoms with van der Waals surface area (Å²) in [4.78, 5) is 11.5. The molecule has 0 aromatic carbocycles. The molecule has 2 fully saturated rings. The van der Waals surface area contributed by atoms with Gasteiger partial charge in [0.25, 0.3) is 0 Å². The molecule has 1 saturated heterocycles. The van der Waals surface area contributed by atoms with E-state index < -0.39 is 0 Å². The van der Waals surface area contributed by atoms with E-state index in [2.05, 4.69) is 12.2 Å². The standard InChI is InChI=1S/C12H21NO2S/c1-3-8-4-5-9-11(6-8)16-7-10(13-9)12(14)15-2/h8-11,13H,3-7H2,1-2H3. The second kappa shape index (κ2) is 5.41. The quantitative estimate of drug-likeness (QED) is 0.751. The van der Waals surface area contributed by atoms with Crippen molar-refractivity contribution in [3.8, 4) is 0 Å². The van der Waals surface area contributed by atoms with Crippen molar-refractivity contribution in [2.75, 3.05) is 12.9 Å². The van der Waals surface area contributed by atoms with E-state index in [4.69, 9.17) is 4.74 Å². The Labute approximate surface area is 102 Å². The summed E-state index contributed by atoms with van der Waals surface area (Å²) in [6.45, 7) is 2.28. The van der Waals surface area contributed by atoms with Crippen LogP contribution >= 0.6 is 11.8 Å². The molecule has 1 aliphatic heterocycles. The molecule has 4 unspecified atom stereocenters. The number of methoxy groups -OCH3 is 1. The predicted molar refractivity (Wildman–Crippen MR) is 66.6 cm³/mol. The van der Waals surface area contributed by atoms with Crippen LogP contribution in [-0.2, 0) is 9.53 Å². The number of carbonyl (C=O) groups is 1. The SMILES string of the molecule is CCC1CCC2NC(C(=O)OC)CSC2C1. The van der Waals surface area contributed by atoms with Gasteiger partial charge in [-0.2, -0.15) is 11.8 Å².